The highest BCUT2D eigenvalue weighted by atomic mass is 16.5. The molecule has 0 fully saturated rings. The third kappa shape index (κ3) is 4.05. The van der Waals surface area contributed by atoms with Crippen molar-refractivity contribution in [2.75, 3.05) is 12.0 Å². The number of phenolic OH excluding ortho intramolecular Hbond substituents is 1. The summed E-state index contributed by atoms with van der Waals surface area (Å²) in [4.78, 5) is 2.46. The van der Waals surface area contributed by atoms with Crippen molar-refractivity contribution >= 4 is 5.69 Å². The van der Waals surface area contributed by atoms with E-state index in [1.807, 2.05) is 6.07 Å². The number of anilines is 1. The van der Waals surface area contributed by atoms with Gasteiger partial charge in [0.05, 0.1) is 13.2 Å². The van der Waals surface area contributed by atoms with E-state index in [-0.39, 0.29) is 6.04 Å². The molecule has 1 heterocycles. The second-order valence-corrected chi connectivity index (χ2v) is 9.68. The van der Waals surface area contributed by atoms with Crippen molar-refractivity contribution in [3.05, 3.63) is 112 Å². The molecule has 1 unspecified atom stereocenters. The van der Waals surface area contributed by atoms with Gasteiger partial charge in [0, 0.05) is 28.9 Å². The highest BCUT2D eigenvalue weighted by molar-refractivity contribution is 5.91. The quantitative estimate of drug-likeness (QED) is 0.330. The van der Waals surface area contributed by atoms with Crippen LogP contribution in [0.2, 0.25) is 0 Å². The second kappa shape index (κ2) is 9.14. The van der Waals surface area contributed by atoms with Crippen molar-refractivity contribution < 1.29 is 9.84 Å². The maximum Gasteiger partial charge on any atom is 0.127 e. The zero-order valence-electron chi connectivity index (χ0n) is 21.2. The van der Waals surface area contributed by atoms with Gasteiger partial charge in [-0.1, -0.05) is 78.2 Å². The van der Waals surface area contributed by atoms with Crippen molar-refractivity contribution in [3.8, 4) is 22.6 Å². The van der Waals surface area contributed by atoms with E-state index in [0.29, 0.717) is 5.75 Å². The number of ether oxygens (including phenoxy) is 1. The number of hydrogen-bond acceptors (Lipinski definition) is 3. The average Bonchev–Trinajstić information content (AvgIpc) is 2.86. The maximum atomic E-state index is 11.5. The largest absolute Gasteiger partial charge is 0.507 e. The van der Waals surface area contributed by atoms with Crippen LogP contribution >= 0.6 is 0 Å². The Kier molecular flexibility index (Phi) is 6.02. The van der Waals surface area contributed by atoms with Crippen molar-refractivity contribution in [1.82, 2.24) is 0 Å². The number of benzene rings is 4. The SMILES string of the molecule is CCc1cc(OC)c2c(c1O)-c1cc(C)ccc1N(Cc1ccc(C)cc1)C2c1ccc(C)cc1. The number of nitrogens with zero attached hydrogens (tertiary/aromatic N) is 1. The Morgan fingerprint density at radius 2 is 1.46 bits per heavy atom. The molecule has 178 valence electrons. The minimum absolute atomic E-state index is 0.103. The van der Waals surface area contributed by atoms with Crippen LogP contribution < -0.4 is 9.64 Å². The lowest BCUT2D eigenvalue weighted by Crippen LogP contribution is -2.33. The number of aryl methyl sites for hydroxylation is 4. The predicted molar refractivity (Wildman–Crippen MR) is 145 cm³/mol. The Morgan fingerprint density at radius 3 is 2.09 bits per heavy atom. The molecule has 4 aromatic rings. The molecular weight excluding hydrogens is 430 g/mol. The second-order valence-electron chi connectivity index (χ2n) is 9.68. The van der Waals surface area contributed by atoms with Crippen molar-refractivity contribution in [2.24, 2.45) is 0 Å². The fourth-order valence-electron chi connectivity index (χ4n) is 5.26. The van der Waals surface area contributed by atoms with E-state index in [9.17, 15) is 5.11 Å². The number of fused-ring (bicyclic) bond motifs is 3. The highest BCUT2D eigenvalue weighted by Gasteiger charge is 2.37. The summed E-state index contributed by atoms with van der Waals surface area (Å²) in [5, 5.41) is 11.5. The van der Waals surface area contributed by atoms with Crippen LogP contribution in [0.1, 0.15) is 51.9 Å². The minimum Gasteiger partial charge on any atom is -0.507 e. The van der Waals surface area contributed by atoms with Crippen molar-refractivity contribution in [3.63, 3.8) is 0 Å². The Bertz CT molecular complexity index is 1370. The van der Waals surface area contributed by atoms with Gasteiger partial charge in [0.25, 0.3) is 0 Å². The number of hydrogen-bond donors (Lipinski definition) is 1. The molecule has 1 N–H and O–H groups in total. The highest BCUT2D eigenvalue weighted by Crippen LogP contribution is 2.55. The molecule has 35 heavy (non-hydrogen) atoms. The Morgan fingerprint density at radius 1 is 0.829 bits per heavy atom. The van der Waals surface area contributed by atoms with Gasteiger partial charge in [-0.15, -0.1) is 0 Å². The molecule has 0 saturated carbocycles. The summed E-state index contributed by atoms with van der Waals surface area (Å²) in [7, 11) is 1.73. The molecule has 1 atom stereocenters. The van der Waals surface area contributed by atoms with Gasteiger partial charge in [-0.05, 0) is 62.1 Å². The fraction of sp³-hybridized carbons (Fsp3) is 0.250. The van der Waals surface area contributed by atoms with Crippen molar-refractivity contribution in [2.45, 2.75) is 46.7 Å². The first-order valence-corrected chi connectivity index (χ1v) is 12.3. The molecule has 1 aliphatic rings. The predicted octanol–water partition coefficient (Wildman–Crippen LogP) is 7.67. The van der Waals surface area contributed by atoms with Gasteiger partial charge in [-0.3, -0.25) is 0 Å². The lowest BCUT2D eigenvalue weighted by Gasteiger charge is -2.42. The van der Waals surface area contributed by atoms with Crippen LogP contribution in [0.15, 0.2) is 72.8 Å². The Hall–Kier alpha value is -3.72. The van der Waals surface area contributed by atoms with Gasteiger partial charge in [-0.2, -0.15) is 0 Å². The zero-order valence-corrected chi connectivity index (χ0v) is 21.2. The van der Waals surface area contributed by atoms with Crippen LogP contribution in [0.5, 0.6) is 11.5 Å². The van der Waals surface area contributed by atoms with E-state index >= 15 is 0 Å². The maximum absolute atomic E-state index is 11.5. The summed E-state index contributed by atoms with van der Waals surface area (Å²) >= 11 is 0. The molecule has 4 aromatic carbocycles. The van der Waals surface area contributed by atoms with Crippen LogP contribution in [0.25, 0.3) is 11.1 Å². The van der Waals surface area contributed by atoms with Crippen LogP contribution in [-0.4, -0.2) is 12.2 Å². The summed E-state index contributed by atoms with van der Waals surface area (Å²) in [6, 6.07) is 26.0. The molecule has 0 amide bonds. The summed E-state index contributed by atoms with van der Waals surface area (Å²) in [6.07, 6.45) is 0.735. The average molecular weight is 464 g/mol. The third-order valence-corrected chi connectivity index (χ3v) is 7.16. The molecule has 3 heteroatoms. The van der Waals surface area contributed by atoms with E-state index in [0.717, 1.165) is 46.7 Å². The summed E-state index contributed by atoms with van der Waals surface area (Å²) in [6.45, 7) is 9.15. The zero-order chi connectivity index (χ0) is 24.7. The van der Waals surface area contributed by atoms with E-state index in [4.69, 9.17) is 4.74 Å². The number of phenols is 1. The van der Waals surface area contributed by atoms with Gasteiger partial charge in [-0.25, -0.2) is 0 Å². The van der Waals surface area contributed by atoms with E-state index < -0.39 is 0 Å². The molecule has 0 spiro atoms. The third-order valence-electron chi connectivity index (χ3n) is 7.16. The molecule has 0 saturated heterocycles. The first-order valence-electron chi connectivity index (χ1n) is 12.3. The van der Waals surface area contributed by atoms with E-state index in [1.165, 1.54) is 27.8 Å². The first-order chi connectivity index (χ1) is 16.9. The summed E-state index contributed by atoms with van der Waals surface area (Å²) in [5.74, 6) is 1.18. The number of rotatable bonds is 5. The molecule has 1 aliphatic heterocycles. The molecule has 0 radical (unpaired) electrons. The minimum atomic E-state index is -0.103. The van der Waals surface area contributed by atoms with Gasteiger partial charge >= 0.3 is 0 Å². The molecular formula is C32H33NO2. The topological polar surface area (TPSA) is 32.7 Å². The smallest absolute Gasteiger partial charge is 0.127 e. The van der Waals surface area contributed by atoms with E-state index in [2.05, 4.69) is 99.3 Å². The summed E-state index contributed by atoms with van der Waals surface area (Å²) < 4.78 is 6.01. The first kappa shape index (κ1) is 23.0. The van der Waals surface area contributed by atoms with Gasteiger partial charge in [0.1, 0.15) is 11.5 Å². The van der Waals surface area contributed by atoms with Crippen LogP contribution in [0, 0.1) is 20.8 Å². The lowest BCUT2D eigenvalue weighted by atomic mass is 9.81. The molecule has 3 nitrogen and oxygen atoms in total. The Balaban J connectivity index is 1.83. The normalized spacial score (nSPS) is 14.4. The fourth-order valence-corrected chi connectivity index (χ4v) is 5.26. The number of methoxy groups -OCH3 is 1. The van der Waals surface area contributed by atoms with Crippen LogP contribution in [0.3, 0.4) is 0 Å². The van der Waals surface area contributed by atoms with E-state index in [1.54, 1.807) is 7.11 Å². The van der Waals surface area contributed by atoms with Gasteiger partial charge in [0.2, 0.25) is 0 Å². The van der Waals surface area contributed by atoms with Crippen LogP contribution in [0.4, 0.5) is 5.69 Å². The monoisotopic (exact) mass is 463 g/mol. The summed E-state index contributed by atoms with van der Waals surface area (Å²) in [5.41, 5.74) is 11.1. The molecule has 0 bridgehead atoms. The Labute approximate surface area is 208 Å². The van der Waals surface area contributed by atoms with Crippen LogP contribution in [-0.2, 0) is 13.0 Å². The van der Waals surface area contributed by atoms with Gasteiger partial charge in [0.15, 0.2) is 0 Å². The standard InChI is InChI=1S/C32H33NO2/c1-6-24-18-28(35-5)30-29(32(24)34)26-17-22(4)11-16-27(26)33(19-23-12-7-20(2)8-13-23)31(30)25-14-9-21(3)10-15-25/h7-18,31,34H,6,19H2,1-5H3. The van der Waals surface area contributed by atoms with Crippen molar-refractivity contribution in [1.29, 1.82) is 0 Å². The number of aromatic hydroxyl groups is 1. The van der Waals surface area contributed by atoms with Gasteiger partial charge < -0.3 is 14.7 Å². The lowest BCUT2D eigenvalue weighted by molar-refractivity contribution is 0.402. The molecule has 0 aromatic heterocycles. The molecule has 5 rings (SSSR count). The molecule has 0 aliphatic carbocycles.